The molecule has 1 aromatic heterocycles. The molecule has 21 heavy (non-hydrogen) atoms. The quantitative estimate of drug-likeness (QED) is 0.889. The summed E-state index contributed by atoms with van der Waals surface area (Å²) in [5.41, 5.74) is 2.27. The molecule has 0 unspecified atom stereocenters. The lowest BCUT2D eigenvalue weighted by Crippen LogP contribution is -2.23. The molecule has 1 aromatic carbocycles. The molecular formula is C16H18FN3O. The fourth-order valence-electron chi connectivity index (χ4n) is 1.91. The molecule has 1 heterocycles. The average molecular weight is 287 g/mol. The van der Waals surface area contributed by atoms with Gasteiger partial charge in [0.25, 0.3) is 5.91 Å². The molecule has 5 heteroatoms. The average Bonchev–Trinajstić information content (AvgIpc) is 2.53. The zero-order chi connectivity index (χ0) is 15.2. The van der Waals surface area contributed by atoms with Gasteiger partial charge in [0.2, 0.25) is 0 Å². The van der Waals surface area contributed by atoms with E-state index >= 15 is 0 Å². The summed E-state index contributed by atoms with van der Waals surface area (Å²) in [5, 5.41) is 5.76. The monoisotopic (exact) mass is 287 g/mol. The van der Waals surface area contributed by atoms with Crippen molar-refractivity contribution in [2.24, 2.45) is 0 Å². The summed E-state index contributed by atoms with van der Waals surface area (Å²) >= 11 is 0. The first-order valence-corrected chi connectivity index (χ1v) is 6.83. The van der Waals surface area contributed by atoms with Gasteiger partial charge in [0.15, 0.2) is 0 Å². The highest BCUT2D eigenvalue weighted by Gasteiger charge is 2.09. The molecule has 0 radical (unpaired) electrons. The number of amides is 1. The standard InChI is InChI=1S/C16H18FN3O/c1-3-14-8-12(9-15(18-2)20-14)16(21)19-10-11-4-6-13(17)7-5-11/h4-9H,3,10H2,1-2H3,(H,18,20)(H,19,21). The van der Waals surface area contributed by atoms with E-state index in [4.69, 9.17) is 0 Å². The van der Waals surface area contributed by atoms with Gasteiger partial charge in [0.05, 0.1) is 0 Å². The highest BCUT2D eigenvalue weighted by molar-refractivity contribution is 5.94. The fourth-order valence-corrected chi connectivity index (χ4v) is 1.91. The van der Waals surface area contributed by atoms with Crippen LogP contribution in [0.15, 0.2) is 36.4 Å². The molecular weight excluding hydrogens is 269 g/mol. The van der Waals surface area contributed by atoms with E-state index in [9.17, 15) is 9.18 Å². The van der Waals surface area contributed by atoms with Crippen LogP contribution in [-0.4, -0.2) is 17.9 Å². The van der Waals surface area contributed by atoms with Crippen molar-refractivity contribution in [3.63, 3.8) is 0 Å². The van der Waals surface area contributed by atoms with Crippen LogP contribution in [0.4, 0.5) is 10.2 Å². The second-order valence-electron chi connectivity index (χ2n) is 4.65. The Labute approximate surface area is 123 Å². The van der Waals surface area contributed by atoms with E-state index in [1.54, 1.807) is 31.3 Å². The van der Waals surface area contributed by atoms with E-state index < -0.39 is 0 Å². The van der Waals surface area contributed by atoms with Crippen LogP contribution in [0.2, 0.25) is 0 Å². The van der Waals surface area contributed by atoms with Crippen molar-refractivity contribution < 1.29 is 9.18 Å². The Morgan fingerprint density at radius 1 is 1.24 bits per heavy atom. The molecule has 0 saturated heterocycles. The van der Waals surface area contributed by atoms with Gasteiger partial charge in [0.1, 0.15) is 11.6 Å². The first-order chi connectivity index (χ1) is 10.1. The number of anilines is 1. The van der Waals surface area contributed by atoms with Crippen LogP contribution in [0.1, 0.15) is 28.5 Å². The molecule has 0 fully saturated rings. The summed E-state index contributed by atoms with van der Waals surface area (Å²) in [6, 6.07) is 9.54. The lowest BCUT2D eigenvalue weighted by molar-refractivity contribution is 0.0950. The van der Waals surface area contributed by atoms with Gasteiger partial charge in [-0.3, -0.25) is 4.79 Å². The Morgan fingerprint density at radius 3 is 2.57 bits per heavy atom. The van der Waals surface area contributed by atoms with Gasteiger partial charge in [-0.1, -0.05) is 19.1 Å². The second kappa shape index (κ2) is 6.83. The third-order valence-electron chi connectivity index (χ3n) is 3.13. The zero-order valence-corrected chi connectivity index (χ0v) is 12.1. The summed E-state index contributed by atoms with van der Waals surface area (Å²) in [6.07, 6.45) is 0.758. The third-order valence-corrected chi connectivity index (χ3v) is 3.13. The van der Waals surface area contributed by atoms with Gasteiger partial charge >= 0.3 is 0 Å². The highest BCUT2D eigenvalue weighted by Crippen LogP contribution is 2.11. The molecule has 0 aliphatic carbocycles. The lowest BCUT2D eigenvalue weighted by atomic mass is 10.1. The summed E-state index contributed by atoms with van der Waals surface area (Å²) in [5.74, 6) is 0.208. The van der Waals surface area contributed by atoms with E-state index in [-0.39, 0.29) is 11.7 Å². The van der Waals surface area contributed by atoms with Crippen LogP contribution >= 0.6 is 0 Å². The Balaban J connectivity index is 2.07. The predicted molar refractivity (Wildman–Crippen MR) is 80.7 cm³/mol. The van der Waals surface area contributed by atoms with Crippen molar-refractivity contribution in [2.75, 3.05) is 12.4 Å². The van der Waals surface area contributed by atoms with Crippen molar-refractivity contribution >= 4 is 11.7 Å². The number of nitrogens with zero attached hydrogens (tertiary/aromatic N) is 1. The summed E-state index contributed by atoms with van der Waals surface area (Å²) in [4.78, 5) is 16.5. The molecule has 4 nitrogen and oxygen atoms in total. The number of aromatic nitrogens is 1. The molecule has 110 valence electrons. The van der Waals surface area contributed by atoms with Gasteiger partial charge in [-0.05, 0) is 36.2 Å². The maximum atomic E-state index is 12.8. The van der Waals surface area contributed by atoms with Crippen LogP contribution in [0.25, 0.3) is 0 Å². The Morgan fingerprint density at radius 2 is 1.95 bits per heavy atom. The fraction of sp³-hybridized carbons (Fsp3) is 0.250. The topological polar surface area (TPSA) is 54.0 Å². The minimum Gasteiger partial charge on any atom is -0.373 e. The van der Waals surface area contributed by atoms with Gasteiger partial charge in [0, 0.05) is 24.8 Å². The molecule has 2 aromatic rings. The minimum absolute atomic E-state index is 0.173. The highest BCUT2D eigenvalue weighted by atomic mass is 19.1. The SMILES string of the molecule is CCc1cc(C(=O)NCc2ccc(F)cc2)cc(NC)n1. The van der Waals surface area contributed by atoms with Crippen LogP contribution in [0, 0.1) is 5.82 Å². The number of hydrogen-bond acceptors (Lipinski definition) is 3. The summed E-state index contributed by atoms with van der Waals surface area (Å²) < 4.78 is 12.8. The first kappa shape index (κ1) is 15.0. The van der Waals surface area contributed by atoms with Crippen LogP contribution in [0.5, 0.6) is 0 Å². The van der Waals surface area contributed by atoms with E-state index in [1.165, 1.54) is 12.1 Å². The van der Waals surface area contributed by atoms with Crippen molar-refractivity contribution in [1.82, 2.24) is 10.3 Å². The Bertz CT molecular complexity index is 604. The molecule has 2 rings (SSSR count). The van der Waals surface area contributed by atoms with Crippen molar-refractivity contribution in [3.05, 3.63) is 59.0 Å². The molecule has 0 spiro atoms. The maximum Gasteiger partial charge on any atom is 0.251 e. The molecule has 0 aliphatic rings. The molecule has 2 N–H and O–H groups in total. The summed E-state index contributed by atoms with van der Waals surface area (Å²) in [7, 11) is 1.77. The van der Waals surface area contributed by atoms with E-state index in [0.717, 1.165) is 17.7 Å². The smallest absolute Gasteiger partial charge is 0.251 e. The second-order valence-corrected chi connectivity index (χ2v) is 4.65. The summed E-state index contributed by atoms with van der Waals surface area (Å²) in [6.45, 7) is 2.35. The number of halogens is 1. The van der Waals surface area contributed by atoms with Gasteiger partial charge in [-0.2, -0.15) is 0 Å². The van der Waals surface area contributed by atoms with Crippen molar-refractivity contribution in [1.29, 1.82) is 0 Å². The van der Waals surface area contributed by atoms with Crippen LogP contribution in [0.3, 0.4) is 0 Å². The number of carbonyl (C=O) groups excluding carboxylic acids is 1. The normalized spacial score (nSPS) is 10.2. The van der Waals surface area contributed by atoms with Gasteiger partial charge < -0.3 is 10.6 Å². The maximum absolute atomic E-state index is 12.8. The van der Waals surface area contributed by atoms with Gasteiger partial charge in [-0.15, -0.1) is 0 Å². The number of hydrogen-bond donors (Lipinski definition) is 2. The largest absolute Gasteiger partial charge is 0.373 e. The van der Waals surface area contributed by atoms with Crippen LogP contribution < -0.4 is 10.6 Å². The molecule has 0 aliphatic heterocycles. The molecule has 0 atom stereocenters. The number of nitrogens with one attached hydrogen (secondary N) is 2. The number of benzene rings is 1. The van der Waals surface area contributed by atoms with E-state index in [1.807, 2.05) is 6.92 Å². The number of aryl methyl sites for hydroxylation is 1. The third kappa shape index (κ3) is 4.02. The lowest BCUT2D eigenvalue weighted by Gasteiger charge is -2.09. The molecule has 1 amide bonds. The number of pyridine rings is 1. The Hall–Kier alpha value is -2.43. The predicted octanol–water partition coefficient (Wildman–Crippen LogP) is 2.75. The van der Waals surface area contributed by atoms with Crippen LogP contribution in [-0.2, 0) is 13.0 Å². The van der Waals surface area contributed by atoms with Crippen molar-refractivity contribution in [2.45, 2.75) is 19.9 Å². The van der Waals surface area contributed by atoms with E-state index in [0.29, 0.717) is 17.9 Å². The minimum atomic E-state index is -0.287. The van der Waals surface area contributed by atoms with Crippen molar-refractivity contribution in [3.8, 4) is 0 Å². The van der Waals surface area contributed by atoms with E-state index in [2.05, 4.69) is 15.6 Å². The first-order valence-electron chi connectivity index (χ1n) is 6.83. The number of rotatable bonds is 5. The molecule has 0 saturated carbocycles. The Kier molecular flexibility index (Phi) is 4.87. The van der Waals surface area contributed by atoms with Gasteiger partial charge in [-0.25, -0.2) is 9.37 Å². The zero-order valence-electron chi connectivity index (χ0n) is 12.1. The number of carbonyl (C=O) groups is 1. The molecule has 0 bridgehead atoms.